The van der Waals surface area contributed by atoms with E-state index < -0.39 is 11.9 Å². The summed E-state index contributed by atoms with van der Waals surface area (Å²) >= 11 is 0. The number of carbonyl (C=O) groups excluding carboxylic acids is 3. The van der Waals surface area contributed by atoms with E-state index in [4.69, 9.17) is 4.74 Å². The molecule has 2 aromatic carbocycles. The van der Waals surface area contributed by atoms with Crippen molar-refractivity contribution in [1.29, 1.82) is 0 Å². The van der Waals surface area contributed by atoms with Gasteiger partial charge in [0.2, 0.25) is 5.91 Å². The Morgan fingerprint density at radius 3 is 2.19 bits per heavy atom. The third-order valence-electron chi connectivity index (χ3n) is 4.52. The molecule has 0 spiro atoms. The molecule has 1 saturated heterocycles. The van der Waals surface area contributed by atoms with E-state index in [2.05, 4.69) is 0 Å². The molecule has 3 rings (SSSR count). The zero-order valence-electron chi connectivity index (χ0n) is 14.9. The predicted molar refractivity (Wildman–Crippen MR) is 98.1 cm³/mol. The number of benzene rings is 2. The Morgan fingerprint density at radius 1 is 1.00 bits per heavy atom. The number of ether oxygens (including phenoxy) is 1. The number of amides is 1. The fraction of sp³-hybridized carbons (Fsp3) is 0.286. The number of carbonyl (C=O) groups is 3. The molecule has 0 radical (unpaired) electrons. The lowest BCUT2D eigenvalue weighted by Gasteiger charge is -2.16. The Balaban J connectivity index is 1.57. The van der Waals surface area contributed by atoms with E-state index in [1.165, 1.54) is 0 Å². The van der Waals surface area contributed by atoms with Gasteiger partial charge < -0.3 is 9.64 Å². The zero-order valence-corrected chi connectivity index (χ0v) is 14.9. The van der Waals surface area contributed by atoms with Crippen LogP contribution >= 0.6 is 0 Å². The van der Waals surface area contributed by atoms with Crippen molar-refractivity contribution in [2.45, 2.75) is 20.3 Å². The molecule has 0 saturated carbocycles. The molecule has 1 aliphatic rings. The van der Waals surface area contributed by atoms with Crippen LogP contribution in [0, 0.1) is 19.8 Å². The summed E-state index contributed by atoms with van der Waals surface area (Å²) in [5.74, 6) is -1.42. The number of ketones is 1. The Bertz CT molecular complexity index is 824. The van der Waals surface area contributed by atoms with Crippen molar-refractivity contribution >= 4 is 23.3 Å². The Labute approximate surface area is 152 Å². The second kappa shape index (κ2) is 7.52. The monoisotopic (exact) mass is 351 g/mol. The fourth-order valence-electron chi connectivity index (χ4n) is 2.92. The summed E-state index contributed by atoms with van der Waals surface area (Å²) < 4.78 is 5.16. The summed E-state index contributed by atoms with van der Waals surface area (Å²) in [6.07, 6.45) is 0.103. The van der Waals surface area contributed by atoms with Gasteiger partial charge >= 0.3 is 5.97 Å². The van der Waals surface area contributed by atoms with E-state index in [-0.39, 0.29) is 31.3 Å². The molecule has 0 aliphatic carbocycles. The van der Waals surface area contributed by atoms with Crippen LogP contribution in [0.1, 0.15) is 27.9 Å². The second-order valence-corrected chi connectivity index (χ2v) is 6.64. The highest BCUT2D eigenvalue weighted by Gasteiger charge is 2.36. The van der Waals surface area contributed by atoms with E-state index in [0.717, 1.165) is 16.8 Å². The highest BCUT2D eigenvalue weighted by atomic mass is 16.5. The number of rotatable bonds is 5. The first kappa shape index (κ1) is 17.9. The van der Waals surface area contributed by atoms with Crippen LogP contribution in [0.3, 0.4) is 0 Å². The highest BCUT2D eigenvalue weighted by Crippen LogP contribution is 2.26. The van der Waals surface area contributed by atoms with Gasteiger partial charge in [0.1, 0.15) is 0 Å². The average Bonchev–Trinajstić information content (AvgIpc) is 3.02. The normalized spacial score (nSPS) is 16.6. The van der Waals surface area contributed by atoms with Crippen molar-refractivity contribution < 1.29 is 19.1 Å². The van der Waals surface area contributed by atoms with Gasteiger partial charge in [-0.15, -0.1) is 0 Å². The smallest absolute Gasteiger partial charge is 0.311 e. The van der Waals surface area contributed by atoms with Gasteiger partial charge in [-0.05, 0) is 26.0 Å². The van der Waals surface area contributed by atoms with Crippen molar-refractivity contribution in [3.8, 4) is 0 Å². The molecule has 0 unspecified atom stereocenters. The first-order valence-corrected chi connectivity index (χ1v) is 8.57. The summed E-state index contributed by atoms with van der Waals surface area (Å²) in [7, 11) is 0. The average molecular weight is 351 g/mol. The highest BCUT2D eigenvalue weighted by molar-refractivity contribution is 6.01. The van der Waals surface area contributed by atoms with Gasteiger partial charge in [0.05, 0.1) is 5.92 Å². The molecule has 0 bridgehead atoms. The zero-order chi connectivity index (χ0) is 18.7. The number of hydrogen-bond donors (Lipinski definition) is 0. The molecule has 134 valence electrons. The van der Waals surface area contributed by atoms with E-state index >= 15 is 0 Å². The maximum atomic E-state index is 12.3. The van der Waals surface area contributed by atoms with Crippen LogP contribution in [-0.2, 0) is 14.3 Å². The van der Waals surface area contributed by atoms with Crippen molar-refractivity contribution in [2.75, 3.05) is 18.1 Å². The maximum absolute atomic E-state index is 12.3. The van der Waals surface area contributed by atoms with Crippen LogP contribution in [0.5, 0.6) is 0 Å². The summed E-state index contributed by atoms with van der Waals surface area (Å²) in [5, 5.41) is 0. The molecule has 0 N–H and O–H groups in total. The van der Waals surface area contributed by atoms with Crippen molar-refractivity contribution in [3.05, 3.63) is 65.2 Å². The first-order valence-electron chi connectivity index (χ1n) is 8.57. The number of esters is 1. The van der Waals surface area contributed by atoms with Crippen LogP contribution in [0.25, 0.3) is 0 Å². The largest absolute Gasteiger partial charge is 0.457 e. The van der Waals surface area contributed by atoms with E-state index in [1.54, 1.807) is 17.0 Å². The molecular weight excluding hydrogens is 330 g/mol. The number of hydrogen-bond acceptors (Lipinski definition) is 4. The molecule has 2 aromatic rings. The van der Waals surface area contributed by atoms with Gasteiger partial charge in [-0.25, -0.2) is 0 Å². The van der Waals surface area contributed by atoms with E-state index in [9.17, 15) is 14.4 Å². The molecule has 1 atom stereocenters. The van der Waals surface area contributed by atoms with E-state index in [1.807, 2.05) is 50.2 Å². The maximum Gasteiger partial charge on any atom is 0.311 e. The molecule has 5 nitrogen and oxygen atoms in total. The minimum absolute atomic E-state index is 0.103. The van der Waals surface area contributed by atoms with Crippen LogP contribution < -0.4 is 4.90 Å². The van der Waals surface area contributed by atoms with Crippen LogP contribution in [-0.4, -0.2) is 30.8 Å². The first-order chi connectivity index (χ1) is 12.4. The predicted octanol–water partition coefficient (Wildman–Crippen LogP) is 3.08. The lowest BCUT2D eigenvalue weighted by molar-refractivity contribution is -0.147. The third kappa shape index (κ3) is 3.99. The Kier molecular flexibility index (Phi) is 5.16. The van der Waals surface area contributed by atoms with Crippen molar-refractivity contribution in [2.24, 2.45) is 5.92 Å². The van der Waals surface area contributed by atoms with Gasteiger partial charge in [-0.2, -0.15) is 0 Å². The number of aryl methyl sites for hydroxylation is 2. The molecule has 1 heterocycles. The van der Waals surface area contributed by atoms with Crippen LogP contribution in [0.2, 0.25) is 0 Å². The summed E-state index contributed by atoms with van der Waals surface area (Å²) in [4.78, 5) is 38.2. The van der Waals surface area contributed by atoms with Gasteiger partial charge in [0.15, 0.2) is 12.4 Å². The van der Waals surface area contributed by atoms with Crippen molar-refractivity contribution in [1.82, 2.24) is 0 Å². The minimum Gasteiger partial charge on any atom is -0.457 e. The molecule has 1 aliphatic heterocycles. The van der Waals surface area contributed by atoms with Crippen molar-refractivity contribution in [3.63, 3.8) is 0 Å². The number of anilines is 1. The number of nitrogens with zero attached hydrogens (tertiary/aromatic N) is 1. The minimum atomic E-state index is -0.547. The SMILES string of the molecule is Cc1ccc(C(=O)COC(=O)[C@@H]2CC(=O)N(c3ccc(C)cc3)C2)cc1. The Hall–Kier alpha value is -2.95. The lowest BCUT2D eigenvalue weighted by Crippen LogP contribution is -2.27. The summed E-state index contributed by atoms with van der Waals surface area (Å²) in [5.41, 5.74) is 3.43. The Morgan fingerprint density at radius 2 is 1.58 bits per heavy atom. The van der Waals surface area contributed by atoms with E-state index in [0.29, 0.717) is 5.56 Å². The van der Waals surface area contributed by atoms with Gasteiger partial charge in [-0.3, -0.25) is 14.4 Å². The van der Waals surface area contributed by atoms with Gasteiger partial charge in [-0.1, -0.05) is 47.5 Å². The van der Waals surface area contributed by atoms with Gasteiger partial charge in [0, 0.05) is 24.2 Å². The van der Waals surface area contributed by atoms with Crippen LogP contribution in [0.15, 0.2) is 48.5 Å². The molecule has 5 heteroatoms. The molecule has 26 heavy (non-hydrogen) atoms. The number of Topliss-reactive ketones (excluding diaryl/α,β-unsaturated/α-hetero) is 1. The van der Waals surface area contributed by atoms with Crippen LogP contribution in [0.4, 0.5) is 5.69 Å². The molecule has 1 amide bonds. The third-order valence-corrected chi connectivity index (χ3v) is 4.52. The summed E-state index contributed by atoms with van der Waals surface area (Å²) in [6, 6.07) is 14.7. The standard InChI is InChI=1S/C21H21NO4/c1-14-3-7-16(8-4-14)19(23)13-26-21(25)17-11-20(24)22(12-17)18-9-5-15(2)6-10-18/h3-10,17H,11-13H2,1-2H3/t17-/m1/s1. The molecule has 1 fully saturated rings. The molecule has 0 aromatic heterocycles. The molecular formula is C21H21NO4. The fourth-order valence-corrected chi connectivity index (χ4v) is 2.92. The summed E-state index contributed by atoms with van der Waals surface area (Å²) in [6.45, 7) is 3.88. The topological polar surface area (TPSA) is 63.7 Å². The quantitative estimate of drug-likeness (QED) is 0.613. The van der Waals surface area contributed by atoms with Gasteiger partial charge in [0.25, 0.3) is 0 Å². The second-order valence-electron chi connectivity index (χ2n) is 6.64. The lowest BCUT2D eigenvalue weighted by atomic mass is 10.1.